The highest BCUT2D eigenvalue weighted by molar-refractivity contribution is 5.81. The van der Waals surface area contributed by atoms with E-state index >= 15 is 0 Å². The molecule has 0 saturated carbocycles. The lowest BCUT2D eigenvalue weighted by Gasteiger charge is -2.14. The van der Waals surface area contributed by atoms with Crippen LogP contribution in [0, 0.1) is 11.7 Å². The van der Waals surface area contributed by atoms with Gasteiger partial charge in [0.2, 0.25) is 5.91 Å². The first-order chi connectivity index (χ1) is 8.93. The van der Waals surface area contributed by atoms with Crippen LogP contribution in [0.1, 0.15) is 25.8 Å². The Morgan fingerprint density at radius 2 is 2.16 bits per heavy atom. The number of ether oxygens (including phenoxy) is 1. The second-order valence-corrected chi connectivity index (χ2v) is 4.92. The van der Waals surface area contributed by atoms with Crippen molar-refractivity contribution in [3.63, 3.8) is 0 Å². The highest BCUT2D eigenvalue weighted by Gasteiger charge is 2.14. The lowest BCUT2D eigenvalue weighted by Crippen LogP contribution is -2.41. The third kappa shape index (κ3) is 4.87. The van der Waals surface area contributed by atoms with Gasteiger partial charge in [-0.05, 0) is 30.0 Å². The average molecular weight is 268 g/mol. The summed E-state index contributed by atoms with van der Waals surface area (Å²) in [5, 5.41) is 2.70. The summed E-state index contributed by atoms with van der Waals surface area (Å²) < 4.78 is 18.3. The van der Waals surface area contributed by atoms with Gasteiger partial charge in [0.25, 0.3) is 0 Å². The molecule has 106 valence electrons. The molecule has 0 spiro atoms. The van der Waals surface area contributed by atoms with Crippen molar-refractivity contribution < 1.29 is 13.9 Å². The SMILES string of the molecule is COc1ccc(CNC(=O)[C@@H](N)CC(C)C)cc1F. The van der Waals surface area contributed by atoms with Crippen LogP contribution in [0.5, 0.6) is 5.75 Å². The number of halogens is 1. The first-order valence-electron chi connectivity index (χ1n) is 6.29. The summed E-state index contributed by atoms with van der Waals surface area (Å²) in [7, 11) is 1.41. The highest BCUT2D eigenvalue weighted by Crippen LogP contribution is 2.17. The van der Waals surface area contributed by atoms with E-state index in [4.69, 9.17) is 10.5 Å². The smallest absolute Gasteiger partial charge is 0.237 e. The molecule has 0 aliphatic heterocycles. The van der Waals surface area contributed by atoms with Gasteiger partial charge in [-0.1, -0.05) is 19.9 Å². The van der Waals surface area contributed by atoms with Crippen molar-refractivity contribution in [1.29, 1.82) is 0 Å². The second kappa shape index (κ2) is 7.09. The van der Waals surface area contributed by atoms with Gasteiger partial charge in [0.15, 0.2) is 11.6 Å². The van der Waals surface area contributed by atoms with Crippen LogP contribution in [0.4, 0.5) is 4.39 Å². The first-order valence-corrected chi connectivity index (χ1v) is 6.29. The molecule has 5 heteroatoms. The van der Waals surface area contributed by atoms with E-state index in [2.05, 4.69) is 5.32 Å². The van der Waals surface area contributed by atoms with Crippen molar-refractivity contribution in [2.45, 2.75) is 32.9 Å². The number of rotatable bonds is 6. The monoisotopic (exact) mass is 268 g/mol. The summed E-state index contributed by atoms with van der Waals surface area (Å²) in [5.41, 5.74) is 6.42. The van der Waals surface area contributed by atoms with E-state index in [-0.39, 0.29) is 18.2 Å². The Hall–Kier alpha value is -1.62. The molecule has 0 fully saturated rings. The van der Waals surface area contributed by atoms with Gasteiger partial charge < -0.3 is 15.8 Å². The zero-order valence-electron chi connectivity index (χ0n) is 11.6. The molecule has 0 saturated heterocycles. The lowest BCUT2D eigenvalue weighted by molar-refractivity contribution is -0.122. The zero-order chi connectivity index (χ0) is 14.4. The van der Waals surface area contributed by atoms with Crippen LogP contribution in [0.3, 0.4) is 0 Å². The number of nitrogens with one attached hydrogen (secondary N) is 1. The molecule has 1 aromatic carbocycles. The molecule has 1 atom stereocenters. The summed E-state index contributed by atoms with van der Waals surface area (Å²) in [6, 6.07) is 4.05. The molecule has 1 aromatic rings. The number of hydrogen-bond acceptors (Lipinski definition) is 3. The summed E-state index contributed by atoms with van der Waals surface area (Å²) in [4.78, 5) is 11.7. The predicted octanol–water partition coefficient (Wildman–Crippen LogP) is 1.82. The molecule has 4 nitrogen and oxygen atoms in total. The number of nitrogens with two attached hydrogens (primary N) is 1. The summed E-state index contributed by atoms with van der Waals surface area (Å²) >= 11 is 0. The van der Waals surface area contributed by atoms with Gasteiger partial charge in [-0.3, -0.25) is 4.79 Å². The molecule has 0 aliphatic rings. The number of carbonyl (C=O) groups is 1. The van der Waals surface area contributed by atoms with Gasteiger partial charge in [0.1, 0.15) is 0 Å². The number of hydrogen-bond donors (Lipinski definition) is 2. The maximum absolute atomic E-state index is 13.4. The zero-order valence-corrected chi connectivity index (χ0v) is 11.6. The van der Waals surface area contributed by atoms with Crippen LogP contribution in [0.15, 0.2) is 18.2 Å². The summed E-state index contributed by atoms with van der Waals surface area (Å²) in [6.45, 7) is 4.27. The predicted molar refractivity (Wildman–Crippen MR) is 72.2 cm³/mol. The fourth-order valence-electron chi connectivity index (χ4n) is 1.76. The van der Waals surface area contributed by atoms with Crippen LogP contribution in [0.2, 0.25) is 0 Å². The quantitative estimate of drug-likeness (QED) is 0.827. The minimum absolute atomic E-state index is 0.187. The molecule has 19 heavy (non-hydrogen) atoms. The maximum atomic E-state index is 13.4. The number of amides is 1. The summed E-state index contributed by atoms with van der Waals surface area (Å²) in [6.07, 6.45) is 0.628. The molecule has 1 amide bonds. The average Bonchev–Trinajstić information content (AvgIpc) is 2.35. The van der Waals surface area contributed by atoms with Gasteiger partial charge in [-0.2, -0.15) is 0 Å². The minimum Gasteiger partial charge on any atom is -0.494 e. The van der Waals surface area contributed by atoms with E-state index in [9.17, 15) is 9.18 Å². The molecule has 0 radical (unpaired) electrons. The largest absolute Gasteiger partial charge is 0.494 e. The van der Waals surface area contributed by atoms with Gasteiger partial charge in [0.05, 0.1) is 13.2 Å². The van der Waals surface area contributed by atoms with Crippen LogP contribution >= 0.6 is 0 Å². The maximum Gasteiger partial charge on any atom is 0.237 e. The Kier molecular flexibility index (Phi) is 5.76. The fourth-order valence-corrected chi connectivity index (χ4v) is 1.76. The first kappa shape index (κ1) is 15.4. The Bertz CT molecular complexity index is 435. The molecule has 1 rings (SSSR count). The van der Waals surface area contributed by atoms with E-state index in [0.717, 1.165) is 0 Å². The topological polar surface area (TPSA) is 64.3 Å². The molecule has 0 unspecified atom stereocenters. The second-order valence-electron chi connectivity index (χ2n) is 4.92. The normalized spacial score (nSPS) is 12.3. The number of benzene rings is 1. The summed E-state index contributed by atoms with van der Waals surface area (Å²) in [5.74, 6) is -0.114. The van der Waals surface area contributed by atoms with Crippen LogP contribution in [-0.2, 0) is 11.3 Å². The van der Waals surface area contributed by atoms with Crippen molar-refractivity contribution in [3.05, 3.63) is 29.6 Å². The third-order valence-corrected chi connectivity index (χ3v) is 2.75. The van der Waals surface area contributed by atoms with Crippen molar-refractivity contribution in [2.24, 2.45) is 11.7 Å². The van der Waals surface area contributed by atoms with Crippen molar-refractivity contribution in [2.75, 3.05) is 7.11 Å². The van der Waals surface area contributed by atoms with Crippen molar-refractivity contribution in [3.8, 4) is 5.75 Å². The standard InChI is InChI=1S/C14H21FN2O2/c1-9(2)6-12(16)14(18)17-8-10-4-5-13(19-3)11(15)7-10/h4-5,7,9,12H,6,8,16H2,1-3H3,(H,17,18)/t12-/m0/s1. The number of carbonyl (C=O) groups excluding carboxylic acids is 1. The Morgan fingerprint density at radius 1 is 1.47 bits per heavy atom. The van der Waals surface area contributed by atoms with Crippen molar-refractivity contribution >= 4 is 5.91 Å². The van der Waals surface area contributed by atoms with Crippen LogP contribution < -0.4 is 15.8 Å². The fraction of sp³-hybridized carbons (Fsp3) is 0.500. The van der Waals surface area contributed by atoms with E-state index in [1.807, 2.05) is 13.8 Å². The number of methoxy groups -OCH3 is 1. The minimum atomic E-state index is -0.525. The van der Waals surface area contributed by atoms with E-state index in [1.54, 1.807) is 6.07 Å². The molecular formula is C14H21FN2O2. The Morgan fingerprint density at radius 3 is 2.68 bits per heavy atom. The van der Waals surface area contributed by atoms with E-state index in [0.29, 0.717) is 17.9 Å². The van der Waals surface area contributed by atoms with Crippen molar-refractivity contribution in [1.82, 2.24) is 5.32 Å². The molecule has 0 aromatic heterocycles. The molecule has 0 heterocycles. The molecular weight excluding hydrogens is 247 g/mol. The molecule has 3 N–H and O–H groups in total. The van der Waals surface area contributed by atoms with E-state index in [1.165, 1.54) is 19.2 Å². The Labute approximate surface area is 113 Å². The van der Waals surface area contributed by atoms with Gasteiger partial charge in [-0.25, -0.2) is 4.39 Å². The molecule has 0 aliphatic carbocycles. The van der Waals surface area contributed by atoms with Gasteiger partial charge in [-0.15, -0.1) is 0 Å². The highest BCUT2D eigenvalue weighted by atomic mass is 19.1. The van der Waals surface area contributed by atoms with Gasteiger partial charge >= 0.3 is 0 Å². The van der Waals surface area contributed by atoms with Gasteiger partial charge in [0, 0.05) is 6.54 Å². The van der Waals surface area contributed by atoms with Crippen LogP contribution in [0.25, 0.3) is 0 Å². The Balaban J connectivity index is 2.52. The third-order valence-electron chi connectivity index (χ3n) is 2.75. The lowest BCUT2D eigenvalue weighted by atomic mass is 10.0. The molecule has 0 bridgehead atoms. The van der Waals surface area contributed by atoms with Crippen LogP contribution in [-0.4, -0.2) is 19.1 Å². The van der Waals surface area contributed by atoms with E-state index < -0.39 is 11.9 Å².